The summed E-state index contributed by atoms with van der Waals surface area (Å²) in [6.45, 7) is 3.81. The number of rotatable bonds is 22. The minimum atomic E-state index is -5.10. The molecule has 1 amide bonds. The van der Waals surface area contributed by atoms with Gasteiger partial charge in [-0.05, 0) is 83.2 Å². The zero-order chi connectivity index (χ0) is 64.3. The van der Waals surface area contributed by atoms with Crippen molar-refractivity contribution in [3.05, 3.63) is 89.4 Å². The van der Waals surface area contributed by atoms with Crippen molar-refractivity contribution in [1.82, 2.24) is 34.8 Å². The van der Waals surface area contributed by atoms with E-state index in [9.17, 15) is 61.8 Å². The summed E-state index contributed by atoms with van der Waals surface area (Å²) >= 11 is 13.1. The lowest BCUT2D eigenvalue weighted by Crippen LogP contribution is -2.48. The molecule has 1 aliphatic heterocycles. The number of piperazine rings is 1. The summed E-state index contributed by atoms with van der Waals surface area (Å²) in [7, 11) is -18.7. The van der Waals surface area contributed by atoms with Gasteiger partial charge < -0.3 is 41.7 Å². The van der Waals surface area contributed by atoms with Gasteiger partial charge in [0.2, 0.25) is 40.3 Å². The Kier molecular flexibility index (Phi) is 19.2. The summed E-state index contributed by atoms with van der Waals surface area (Å²) < 4.78 is 149. The number of nitrogens with zero attached hydrogens (tertiary/aromatic N) is 12. The fraction of sp³-hybridized carbons (Fsp3) is 0.170. The number of carbonyl (C=O) groups excluding carboxylic acids is 1. The highest BCUT2D eigenvalue weighted by molar-refractivity contribution is 7.94. The molecule has 468 valence electrons. The molecule has 3 heterocycles. The average molecular weight is 1370 g/mol. The molecule has 8 aromatic rings. The van der Waals surface area contributed by atoms with Gasteiger partial charge in [-0.2, -0.15) is 63.6 Å². The van der Waals surface area contributed by atoms with E-state index in [1.165, 1.54) is 50.4 Å². The van der Waals surface area contributed by atoms with E-state index in [-0.39, 0.29) is 95.8 Å². The van der Waals surface area contributed by atoms with Crippen LogP contribution >= 0.6 is 35.2 Å². The van der Waals surface area contributed by atoms with Crippen LogP contribution in [-0.4, -0.2) is 149 Å². The zero-order valence-corrected chi connectivity index (χ0v) is 50.7. The number of nitrogens with one attached hydrogen (secondary N) is 4. The van der Waals surface area contributed by atoms with Crippen molar-refractivity contribution in [3.63, 3.8) is 0 Å². The molecular weight excluding hydrogens is 1320 g/mol. The predicted molar refractivity (Wildman–Crippen MR) is 319 cm³/mol. The lowest BCUT2D eigenvalue weighted by Gasteiger charge is -2.34. The van der Waals surface area contributed by atoms with Gasteiger partial charge in [0.25, 0.3) is 40.5 Å². The maximum absolute atomic E-state index is 12.7. The van der Waals surface area contributed by atoms with Crippen molar-refractivity contribution in [2.75, 3.05) is 78.3 Å². The third-order valence-corrected chi connectivity index (χ3v) is 17.1. The molecule has 1 saturated heterocycles. The van der Waals surface area contributed by atoms with Crippen molar-refractivity contribution < 1.29 is 81.1 Å². The minimum absolute atomic E-state index is 0.0166. The molecule has 0 spiro atoms. The average Bonchev–Trinajstić information content (AvgIpc) is 1.02. The number of hydrogen-bond donors (Lipinski definition) is 11. The van der Waals surface area contributed by atoms with E-state index in [2.05, 4.69) is 85.9 Å². The topological polar surface area (TPSA) is 510 Å². The second-order valence-electron chi connectivity index (χ2n) is 18.4. The first kappa shape index (κ1) is 65.0. The first-order valence-corrected chi connectivity index (χ1v) is 32.0. The summed E-state index contributed by atoms with van der Waals surface area (Å²) in [4.78, 5) is 38.9. The van der Waals surface area contributed by atoms with Crippen LogP contribution in [0, 0.1) is 0 Å². The Labute approximate surface area is 516 Å². The fourth-order valence-corrected chi connectivity index (χ4v) is 12.4. The van der Waals surface area contributed by atoms with Gasteiger partial charge >= 0.3 is 0 Å². The summed E-state index contributed by atoms with van der Waals surface area (Å²) in [6.07, 6.45) is 0. The molecule has 0 radical (unpaired) electrons. The number of phenols is 1. The van der Waals surface area contributed by atoms with E-state index in [1.807, 2.05) is 4.90 Å². The minimum Gasteiger partial charge on any atom is -0.507 e. The normalized spacial score (nSPS) is 13.6. The van der Waals surface area contributed by atoms with Gasteiger partial charge in [0.15, 0.2) is 0 Å². The Bertz CT molecular complexity index is 4690. The molecule has 6 aromatic carbocycles. The molecule has 0 atom stereocenters. The number of methoxy groups -OCH3 is 1. The number of aromatic nitrogens is 6. The van der Waals surface area contributed by atoms with E-state index in [0.29, 0.717) is 44.8 Å². The number of ether oxygens (including phenoxy) is 1. The number of nitrogen functional groups attached to an aromatic ring is 1. The van der Waals surface area contributed by atoms with Crippen molar-refractivity contribution in [2.45, 2.75) is 31.4 Å². The maximum atomic E-state index is 12.7. The summed E-state index contributed by atoms with van der Waals surface area (Å²) in [5.41, 5.74) is 4.04. The van der Waals surface area contributed by atoms with Crippen LogP contribution in [0.2, 0.25) is 10.6 Å². The highest BCUT2D eigenvalue weighted by Gasteiger charge is 2.27. The molecule has 0 aliphatic carbocycles. The van der Waals surface area contributed by atoms with Crippen LogP contribution in [0.5, 0.6) is 11.5 Å². The fourth-order valence-electron chi connectivity index (χ4n) is 8.82. The summed E-state index contributed by atoms with van der Waals surface area (Å²) in [5.74, 6) is -1.02. The predicted octanol–water partition coefficient (Wildman–Crippen LogP) is 7.89. The molecular formula is C47H43Cl2N17O18S5. The van der Waals surface area contributed by atoms with Gasteiger partial charge in [0.05, 0.1) is 41.6 Å². The second kappa shape index (κ2) is 26.3. The van der Waals surface area contributed by atoms with Crippen LogP contribution in [0.4, 0.5) is 69.3 Å². The Morgan fingerprint density at radius 3 is 2.00 bits per heavy atom. The number of anilines is 8. The number of azo groups is 2. The van der Waals surface area contributed by atoms with Crippen molar-refractivity contribution in [3.8, 4) is 11.5 Å². The number of benzene rings is 6. The SMILES string of the molecule is COc1cc(N=Nc2ccc3c(S(=O)(=O)O)cccc3c2S(=O)(=O)O)c(NC(C)=O)cc1Nc1nc(Cl)nc(N2CCN(CCNc3nc(Cl)nc(Nc4ccc(N=Nc5c(N)c(S(=O)(=O)O)cc6cc(SOOO)cc(O)c56)c(S(=O)(=O)O)c4)n3)CC2)n1. The van der Waals surface area contributed by atoms with Crippen LogP contribution in [0.25, 0.3) is 21.5 Å². The van der Waals surface area contributed by atoms with E-state index in [4.69, 9.17) is 38.9 Å². The van der Waals surface area contributed by atoms with Gasteiger partial charge in [-0.3, -0.25) is 27.9 Å². The highest BCUT2D eigenvalue weighted by Crippen LogP contribution is 2.46. The molecule has 12 N–H and O–H groups in total. The van der Waals surface area contributed by atoms with E-state index in [0.717, 1.165) is 42.5 Å². The Hall–Kier alpha value is -8.46. The van der Waals surface area contributed by atoms with E-state index >= 15 is 0 Å². The molecule has 1 fully saturated rings. The molecule has 9 rings (SSSR count). The van der Waals surface area contributed by atoms with E-state index in [1.54, 1.807) is 0 Å². The Morgan fingerprint density at radius 2 is 1.34 bits per heavy atom. The highest BCUT2D eigenvalue weighted by atomic mass is 35.5. The number of amides is 1. The smallest absolute Gasteiger partial charge is 0.297 e. The number of nitrogens with two attached hydrogens (primary N) is 1. The van der Waals surface area contributed by atoms with Crippen LogP contribution in [0.15, 0.2) is 124 Å². The molecule has 2 aromatic heterocycles. The van der Waals surface area contributed by atoms with E-state index < -0.39 is 94.5 Å². The molecule has 42 heteroatoms. The number of hydrogen-bond acceptors (Lipinski definition) is 31. The van der Waals surface area contributed by atoms with Gasteiger partial charge in [0, 0.05) is 73.6 Å². The number of aromatic hydroxyl groups is 1. The van der Waals surface area contributed by atoms with Crippen LogP contribution in [-0.2, 0) is 54.6 Å². The first-order chi connectivity index (χ1) is 42.0. The van der Waals surface area contributed by atoms with Crippen LogP contribution < -0.4 is 36.6 Å². The number of fused-ring (bicyclic) bond motifs is 2. The molecule has 0 unspecified atom stereocenters. The quantitative estimate of drug-likeness (QED) is 0.00767. The van der Waals surface area contributed by atoms with Crippen molar-refractivity contribution in [1.29, 1.82) is 0 Å². The molecule has 0 saturated carbocycles. The maximum Gasteiger partial charge on any atom is 0.297 e. The summed E-state index contributed by atoms with van der Waals surface area (Å²) in [6, 6.07) is 14.9. The molecule has 89 heavy (non-hydrogen) atoms. The standard InChI is InChI=1S/C47H43Cl2N17O18S5/c1-22(67)52-30-20-32(34(82-2)21-31(30)63-62-29-9-7-26-27(41(29)89(79,80)81)4-3-5-35(26)86(70,71)72)54-46-57-43(49)58-47(60-46)66-14-12-65(13-15-66)11-10-51-44-55-42(48)56-45(59-44)53-24-6-8-28(36(18-24)87(73,74)75)61-64-40-38-23(17-37(39(40)50)88(76,77)78)16-25(19-33(38)68)85-84-83-69/h3-9,16-21,68-69H,10-15,50H2,1-2H3,(H,52,67)(H,70,71,72)(H,73,74,75)(H,76,77,78)(H,79,80,81)(H,54,57,58,60)(H2,51,53,55,56,59). The van der Waals surface area contributed by atoms with Crippen LogP contribution in [0.1, 0.15) is 6.92 Å². The number of phenolic OH excluding ortho intramolecular Hbond substituents is 1. The second-order valence-corrected chi connectivity index (χ2v) is 25.4. The largest absolute Gasteiger partial charge is 0.507 e. The first-order valence-electron chi connectivity index (χ1n) is 24.7. The molecule has 35 nitrogen and oxygen atoms in total. The van der Waals surface area contributed by atoms with Gasteiger partial charge in [-0.1, -0.05) is 23.2 Å². The third-order valence-electron chi connectivity index (χ3n) is 12.6. The van der Waals surface area contributed by atoms with Gasteiger partial charge in [-0.25, -0.2) is 5.26 Å². The Morgan fingerprint density at radius 1 is 0.685 bits per heavy atom. The van der Waals surface area contributed by atoms with Crippen molar-refractivity contribution in [2.24, 2.45) is 20.5 Å². The lowest BCUT2D eigenvalue weighted by atomic mass is 10.1. The molecule has 1 aliphatic rings. The zero-order valence-electron chi connectivity index (χ0n) is 45.1. The number of carbonyl (C=O) groups is 1. The molecule has 0 bridgehead atoms. The lowest BCUT2D eigenvalue weighted by molar-refractivity contribution is -0.432. The Balaban J connectivity index is 0.850. The third kappa shape index (κ3) is 15.5. The number of halogens is 2. The van der Waals surface area contributed by atoms with Gasteiger partial charge in [-0.15, -0.1) is 24.8 Å². The van der Waals surface area contributed by atoms with Gasteiger partial charge in [0.1, 0.15) is 53.8 Å². The van der Waals surface area contributed by atoms with Crippen molar-refractivity contribution >= 4 is 172 Å². The van der Waals surface area contributed by atoms with Crippen LogP contribution in [0.3, 0.4) is 0 Å². The summed E-state index contributed by atoms with van der Waals surface area (Å²) in [5, 5.41) is 49.1. The monoisotopic (exact) mass is 1360 g/mol.